The van der Waals surface area contributed by atoms with Crippen molar-refractivity contribution >= 4 is 5.78 Å². The summed E-state index contributed by atoms with van der Waals surface area (Å²) in [6, 6.07) is 7.73. The molecule has 3 heteroatoms. The lowest BCUT2D eigenvalue weighted by Gasteiger charge is -2.31. The summed E-state index contributed by atoms with van der Waals surface area (Å²) in [6.07, 6.45) is 0. The van der Waals surface area contributed by atoms with Gasteiger partial charge in [-0.15, -0.1) is 0 Å². The molecule has 0 N–H and O–H groups in total. The molecule has 2 rings (SSSR count). The summed E-state index contributed by atoms with van der Waals surface area (Å²) in [5, 5.41) is 0. The predicted octanol–water partition coefficient (Wildman–Crippen LogP) is 1.90. The fraction of sp³-hybridized carbons (Fsp3) is 0.500. The third-order valence-corrected chi connectivity index (χ3v) is 3.38. The lowest BCUT2D eigenvalue weighted by atomic mass is 9.99. The maximum Gasteiger partial charge on any atom is 0.179 e. The van der Waals surface area contributed by atoms with Crippen molar-refractivity contribution in [2.75, 3.05) is 26.3 Å². The molecule has 1 aliphatic heterocycles. The molecule has 0 spiro atoms. The highest BCUT2D eigenvalue weighted by molar-refractivity contribution is 6.01. The third kappa shape index (κ3) is 2.73. The lowest BCUT2D eigenvalue weighted by molar-refractivity contribution is 0.0208. The van der Waals surface area contributed by atoms with Crippen LogP contribution in [0.15, 0.2) is 24.3 Å². The first-order chi connectivity index (χ1) is 8.20. The average molecular weight is 233 g/mol. The van der Waals surface area contributed by atoms with E-state index in [2.05, 4.69) is 4.90 Å². The van der Waals surface area contributed by atoms with Crippen LogP contribution in [0.1, 0.15) is 22.8 Å². The van der Waals surface area contributed by atoms with Crippen molar-refractivity contribution < 1.29 is 9.53 Å². The molecule has 1 saturated heterocycles. The van der Waals surface area contributed by atoms with Gasteiger partial charge in [0.2, 0.25) is 0 Å². The molecule has 1 unspecified atom stereocenters. The smallest absolute Gasteiger partial charge is 0.179 e. The summed E-state index contributed by atoms with van der Waals surface area (Å²) in [5.41, 5.74) is 1.89. The molecule has 0 saturated carbocycles. The van der Waals surface area contributed by atoms with Gasteiger partial charge in [0.1, 0.15) is 0 Å². The first kappa shape index (κ1) is 12.3. The van der Waals surface area contributed by atoms with Gasteiger partial charge in [0.15, 0.2) is 5.78 Å². The molecule has 3 nitrogen and oxygen atoms in total. The highest BCUT2D eigenvalue weighted by atomic mass is 16.5. The summed E-state index contributed by atoms with van der Waals surface area (Å²) < 4.78 is 5.31. The number of benzene rings is 1. The van der Waals surface area contributed by atoms with Gasteiger partial charge in [0.05, 0.1) is 19.3 Å². The maximum absolute atomic E-state index is 12.4. The van der Waals surface area contributed by atoms with Crippen molar-refractivity contribution in [3.63, 3.8) is 0 Å². The van der Waals surface area contributed by atoms with E-state index in [1.807, 2.05) is 38.1 Å². The predicted molar refractivity (Wildman–Crippen MR) is 67.4 cm³/mol. The van der Waals surface area contributed by atoms with Gasteiger partial charge in [-0.1, -0.05) is 24.3 Å². The molecule has 0 bridgehead atoms. The Morgan fingerprint density at radius 3 is 2.59 bits per heavy atom. The van der Waals surface area contributed by atoms with Gasteiger partial charge in [-0.05, 0) is 19.4 Å². The second-order valence-electron chi connectivity index (χ2n) is 4.50. The van der Waals surface area contributed by atoms with Gasteiger partial charge in [-0.25, -0.2) is 0 Å². The molecule has 17 heavy (non-hydrogen) atoms. The van der Waals surface area contributed by atoms with Gasteiger partial charge in [-0.2, -0.15) is 0 Å². The Morgan fingerprint density at radius 2 is 1.94 bits per heavy atom. The minimum atomic E-state index is -0.0556. The van der Waals surface area contributed by atoms with Crippen LogP contribution in [0.5, 0.6) is 0 Å². The van der Waals surface area contributed by atoms with E-state index >= 15 is 0 Å². The monoisotopic (exact) mass is 233 g/mol. The first-order valence-electron chi connectivity index (χ1n) is 6.12. The standard InChI is InChI=1S/C14H19NO2/c1-11-5-3-4-6-13(11)14(16)12(2)15-7-9-17-10-8-15/h3-6,12H,7-10H2,1-2H3. The summed E-state index contributed by atoms with van der Waals surface area (Å²) in [6.45, 7) is 7.12. The second kappa shape index (κ2) is 5.43. The zero-order chi connectivity index (χ0) is 12.3. The van der Waals surface area contributed by atoms with E-state index in [1.54, 1.807) is 0 Å². The average Bonchev–Trinajstić information content (AvgIpc) is 2.39. The molecule has 1 aromatic carbocycles. The Bertz CT molecular complexity index is 397. The van der Waals surface area contributed by atoms with Crippen molar-refractivity contribution in [2.24, 2.45) is 0 Å². The Labute approximate surface area is 102 Å². The molecular formula is C14H19NO2. The highest BCUT2D eigenvalue weighted by Gasteiger charge is 2.24. The number of morpholine rings is 1. The van der Waals surface area contributed by atoms with Crippen LogP contribution < -0.4 is 0 Å². The van der Waals surface area contributed by atoms with E-state index < -0.39 is 0 Å². The number of Topliss-reactive ketones (excluding diaryl/α,β-unsaturated/α-hetero) is 1. The summed E-state index contributed by atoms with van der Waals surface area (Å²) in [4.78, 5) is 14.6. The van der Waals surface area contributed by atoms with E-state index in [-0.39, 0.29) is 11.8 Å². The quantitative estimate of drug-likeness (QED) is 0.747. The van der Waals surface area contributed by atoms with Gasteiger partial charge in [0.25, 0.3) is 0 Å². The van der Waals surface area contributed by atoms with Gasteiger partial charge in [0, 0.05) is 18.7 Å². The topological polar surface area (TPSA) is 29.5 Å². The van der Waals surface area contributed by atoms with Gasteiger partial charge < -0.3 is 4.74 Å². The highest BCUT2D eigenvalue weighted by Crippen LogP contribution is 2.14. The van der Waals surface area contributed by atoms with Crippen molar-refractivity contribution in [2.45, 2.75) is 19.9 Å². The summed E-state index contributed by atoms with van der Waals surface area (Å²) in [5.74, 6) is 0.213. The van der Waals surface area contributed by atoms with Crippen molar-refractivity contribution in [3.8, 4) is 0 Å². The molecule has 0 aromatic heterocycles. The first-order valence-corrected chi connectivity index (χ1v) is 6.12. The molecule has 92 valence electrons. The Balaban J connectivity index is 2.11. The largest absolute Gasteiger partial charge is 0.379 e. The van der Waals surface area contributed by atoms with Gasteiger partial charge in [-0.3, -0.25) is 9.69 Å². The minimum absolute atomic E-state index is 0.0556. The minimum Gasteiger partial charge on any atom is -0.379 e. The number of hydrogen-bond acceptors (Lipinski definition) is 3. The molecule has 0 aliphatic carbocycles. The normalized spacial score (nSPS) is 18.9. The summed E-state index contributed by atoms with van der Waals surface area (Å²) >= 11 is 0. The molecule has 0 radical (unpaired) electrons. The summed E-state index contributed by atoms with van der Waals surface area (Å²) in [7, 11) is 0. The van der Waals surface area contributed by atoms with E-state index in [4.69, 9.17) is 4.74 Å². The van der Waals surface area contributed by atoms with Crippen molar-refractivity contribution in [1.82, 2.24) is 4.90 Å². The van der Waals surface area contributed by atoms with Gasteiger partial charge >= 0.3 is 0 Å². The molecular weight excluding hydrogens is 214 g/mol. The Morgan fingerprint density at radius 1 is 1.29 bits per heavy atom. The van der Waals surface area contributed by atoms with Crippen LogP contribution >= 0.6 is 0 Å². The van der Waals surface area contributed by atoms with Crippen LogP contribution in [-0.4, -0.2) is 43.0 Å². The third-order valence-electron chi connectivity index (χ3n) is 3.38. The molecule has 0 amide bonds. The van der Waals surface area contributed by atoms with E-state index in [0.717, 1.165) is 37.4 Å². The van der Waals surface area contributed by atoms with Crippen LogP contribution in [0.4, 0.5) is 0 Å². The fourth-order valence-corrected chi connectivity index (χ4v) is 2.21. The number of ether oxygens (including phenoxy) is 1. The fourth-order valence-electron chi connectivity index (χ4n) is 2.21. The van der Waals surface area contributed by atoms with E-state index in [1.165, 1.54) is 0 Å². The lowest BCUT2D eigenvalue weighted by Crippen LogP contribution is -2.45. The second-order valence-corrected chi connectivity index (χ2v) is 4.50. The van der Waals surface area contributed by atoms with Crippen LogP contribution in [-0.2, 0) is 4.74 Å². The maximum atomic E-state index is 12.4. The number of hydrogen-bond donors (Lipinski definition) is 0. The number of ketones is 1. The number of carbonyl (C=O) groups excluding carboxylic acids is 1. The molecule has 1 heterocycles. The number of rotatable bonds is 3. The number of aryl methyl sites for hydroxylation is 1. The zero-order valence-electron chi connectivity index (χ0n) is 10.5. The molecule has 1 aliphatic rings. The SMILES string of the molecule is Cc1ccccc1C(=O)C(C)N1CCOCC1. The van der Waals surface area contributed by atoms with Crippen LogP contribution in [0.3, 0.4) is 0 Å². The van der Waals surface area contributed by atoms with Crippen molar-refractivity contribution in [1.29, 1.82) is 0 Å². The van der Waals surface area contributed by atoms with Crippen molar-refractivity contribution in [3.05, 3.63) is 35.4 Å². The Kier molecular flexibility index (Phi) is 3.92. The zero-order valence-corrected chi connectivity index (χ0v) is 10.5. The molecule has 1 aromatic rings. The van der Waals surface area contributed by atoms with E-state index in [9.17, 15) is 4.79 Å². The van der Waals surface area contributed by atoms with Crippen LogP contribution in [0.25, 0.3) is 0 Å². The Hall–Kier alpha value is -1.19. The van der Waals surface area contributed by atoms with Crippen LogP contribution in [0, 0.1) is 6.92 Å². The molecule has 1 atom stereocenters. The number of carbonyl (C=O) groups is 1. The van der Waals surface area contributed by atoms with E-state index in [0.29, 0.717) is 0 Å². The van der Waals surface area contributed by atoms with Crippen LogP contribution in [0.2, 0.25) is 0 Å². The molecule has 1 fully saturated rings. The number of nitrogens with zero attached hydrogens (tertiary/aromatic N) is 1.